The standard InChI is InChI=1S/C32H32FN3O5S/c1-34-32(38)29(21-24-11-5-3-6-12-24)35(22-25-17-19-26(33)20-18-25)31(37)23-36(28-15-9-10-16-30(28)41-2)42(39,40)27-13-7-4-8-14-27/h3-20,29H,21-23H2,1-2H3,(H,34,38). The molecule has 4 aromatic carbocycles. The summed E-state index contributed by atoms with van der Waals surface area (Å²) in [5.74, 6) is -1.25. The van der Waals surface area contributed by atoms with E-state index in [2.05, 4.69) is 5.32 Å². The largest absolute Gasteiger partial charge is 0.495 e. The van der Waals surface area contributed by atoms with Gasteiger partial charge in [-0.05, 0) is 47.5 Å². The lowest BCUT2D eigenvalue weighted by molar-refractivity contribution is -0.139. The molecular weight excluding hydrogens is 557 g/mol. The summed E-state index contributed by atoms with van der Waals surface area (Å²) in [6.45, 7) is -0.684. The van der Waals surface area contributed by atoms with Crippen molar-refractivity contribution in [2.45, 2.75) is 23.9 Å². The first-order chi connectivity index (χ1) is 20.2. The number of sulfonamides is 1. The van der Waals surface area contributed by atoms with Gasteiger partial charge in [0.2, 0.25) is 11.8 Å². The minimum Gasteiger partial charge on any atom is -0.495 e. The molecule has 0 aliphatic rings. The number of para-hydroxylation sites is 2. The Morgan fingerprint density at radius 1 is 0.833 bits per heavy atom. The van der Waals surface area contributed by atoms with Gasteiger partial charge in [-0.15, -0.1) is 0 Å². The number of rotatable bonds is 12. The van der Waals surface area contributed by atoms with Gasteiger partial charge >= 0.3 is 0 Å². The fourth-order valence-corrected chi connectivity index (χ4v) is 6.02. The molecule has 0 aliphatic carbocycles. The molecule has 8 nitrogen and oxygen atoms in total. The monoisotopic (exact) mass is 589 g/mol. The predicted molar refractivity (Wildman–Crippen MR) is 159 cm³/mol. The Bertz CT molecular complexity index is 1600. The molecule has 42 heavy (non-hydrogen) atoms. The maximum absolute atomic E-state index is 14.3. The molecule has 0 fully saturated rings. The molecule has 0 saturated heterocycles. The lowest BCUT2D eigenvalue weighted by atomic mass is 10.0. The van der Waals surface area contributed by atoms with Crippen LogP contribution in [0.3, 0.4) is 0 Å². The second-order valence-electron chi connectivity index (χ2n) is 9.46. The van der Waals surface area contributed by atoms with E-state index in [1.54, 1.807) is 42.5 Å². The summed E-state index contributed by atoms with van der Waals surface area (Å²) in [4.78, 5) is 28.8. The number of nitrogens with one attached hydrogen (secondary N) is 1. The zero-order chi connectivity index (χ0) is 30.1. The van der Waals surface area contributed by atoms with Gasteiger partial charge in [0.25, 0.3) is 10.0 Å². The lowest BCUT2D eigenvalue weighted by Gasteiger charge is -2.33. The molecule has 218 valence electrons. The molecule has 1 unspecified atom stereocenters. The molecule has 0 aliphatic heterocycles. The number of hydrogen-bond donors (Lipinski definition) is 1. The Balaban J connectivity index is 1.80. The summed E-state index contributed by atoms with van der Waals surface area (Å²) in [5, 5.41) is 2.63. The summed E-state index contributed by atoms with van der Waals surface area (Å²) in [6, 6.07) is 28.1. The number of nitrogens with zero attached hydrogens (tertiary/aromatic N) is 2. The molecular formula is C32H32FN3O5S. The van der Waals surface area contributed by atoms with E-state index in [0.717, 1.165) is 9.87 Å². The Labute approximate surface area is 245 Å². The van der Waals surface area contributed by atoms with E-state index < -0.39 is 40.2 Å². The molecule has 0 radical (unpaired) electrons. The van der Waals surface area contributed by atoms with Crippen LogP contribution >= 0.6 is 0 Å². The summed E-state index contributed by atoms with van der Waals surface area (Å²) in [7, 11) is -1.36. The van der Waals surface area contributed by atoms with Gasteiger partial charge in [-0.2, -0.15) is 0 Å². The van der Waals surface area contributed by atoms with Crippen molar-refractivity contribution in [3.63, 3.8) is 0 Å². The highest BCUT2D eigenvalue weighted by atomic mass is 32.2. The number of carbonyl (C=O) groups is 2. The third-order valence-corrected chi connectivity index (χ3v) is 8.52. The summed E-state index contributed by atoms with van der Waals surface area (Å²) < 4.78 is 48.1. The Hall–Kier alpha value is -4.70. The molecule has 0 aromatic heterocycles. The van der Waals surface area contributed by atoms with Crippen molar-refractivity contribution < 1.29 is 27.1 Å². The van der Waals surface area contributed by atoms with Gasteiger partial charge in [-0.3, -0.25) is 13.9 Å². The van der Waals surface area contributed by atoms with Crippen LogP contribution in [0.1, 0.15) is 11.1 Å². The average Bonchev–Trinajstić information content (AvgIpc) is 3.02. The maximum atomic E-state index is 14.3. The number of benzene rings is 4. The van der Waals surface area contributed by atoms with Crippen molar-refractivity contribution in [3.8, 4) is 5.75 Å². The highest BCUT2D eigenvalue weighted by molar-refractivity contribution is 7.92. The van der Waals surface area contributed by atoms with Crippen molar-refractivity contribution in [3.05, 3.63) is 126 Å². The van der Waals surface area contributed by atoms with Gasteiger partial charge in [0.1, 0.15) is 24.2 Å². The van der Waals surface area contributed by atoms with Gasteiger partial charge in [-0.25, -0.2) is 12.8 Å². The number of methoxy groups -OCH3 is 1. The van der Waals surface area contributed by atoms with Crippen LogP contribution in [-0.2, 0) is 32.6 Å². The first kappa shape index (κ1) is 30.3. The van der Waals surface area contributed by atoms with Crippen LogP contribution in [0.25, 0.3) is 0 Å². The van der Waals surface area contributed by atoms with Crippen molar-refractivity contribution in [2.75, 3.05) is 25.0 Å². The van der Waals surface area contributed by atoms with Crippen LogP contribution in [0.15, 0.2) is 114 Å². The van der Waals surface area contributed by atoms with Crippen LogP contribution in [0.2, 0.25) is 0 Å². The SMILES string of the molecule is CNC(=O)C(Cc1ccccc1)N(Cc1ccc(F)cc1)C(=O)CN(c1ccccc1OC)S(=O)(=O)c1ccccc1. The number of halogens is 1. The van der Waals surface area contributed by atoms with Gasteiger partial charge in [0, 0.05) is 20.0 Å². The molecule has 10 heteroatoms. The number of hydrogen-bond acceptors (Lipinski definition) is 5. The third kappa shape index (κ3) is 7.13. The van der Waals surface area contributed by atoms with Gasteiger partial charge < -0.3 is 15.0 Å². The third-order valence-electron chi connectivity index (χ3n) is 6.75. The summed E-state index contributed by atoms with van der Waals surface area (Å²) in [5.41, 5.74) is 1.54. The molecule has 2 amide bonds. The molecule has 0 bridgehead atoms. The molecule has 0 saturated carbocycles. The second kappa shape index (κ2) is 13.8. The van der Waals surface area contributed by atoms with Crippen molar-refractivity contribution >= 4 is 27.5 Å². The van der Waals surface area contributed by atoms with Gasteiger partial charge in [-0.1, -0.05) is 72.8 Å². The first-order valence-electron chi connectivity index (χ1n) is 13.2. The highest BCUT2D eigenvalue weighted by Crippen LogP contribution is 2.32. The Kier molecular flexibility index (Phi) is 9.93. The smallest absolute Gasteiger partial charge is 0.264 e. The van der Waals surface area contributed by atoms with E-state index in [1.807, 2.05) is 30.3 Å². The summed E-state index contributed by atoms with van der Waals surface area (Å²) in [6.07, 6.45) is 0.174. The van der Waals surface area contributed by atoms with Crippen molar-refractivity contribution in [2.24, 2.45) is 0 Å². The van der Waals surface area contributed by atoms with Crippen LogP contribution < -0.4 is 14.4 Å². The average molecular weight is 590 g/mol. The normalized spacial score (nSPS) is 11.8. The quantitative estimate of drug-likeness (QED) is 0.264. The van der Waals surface area contributed by atoms with Crippen molar-refractivity contribution in [1.29, 1.82) is 0 Å². The van der Waals surface area contributed by atoms with Crippen LogP contribution in [0.5, 0.6) is 5.75 Å². The van der Waals surface area contributed by atoms with E-state index in [1.165, 1.54) is 55.5 Å². The van der Waals surface area contributed by atoms with E-state index in [4.69, 9.17) is 4.74 Å². The zero-order valence-corrected chi connectivity index (χ0v) is 24.1. The second-order valence-corrected chi connectivity index (χ2v) is 11.3. The van der Waals surface area contributed by atoms with E-state index in [0.29, 0.717) is 5.56 Å². The van der Waals surface area contributed by atoms with Gasteiger partial charge in [0.05, 0.1) is 17.7 Å². The zero-order valence-electron chi connectivity index (χ0n) is 23.3. The highest BCUT2D eigenvalue weighted by Gasteiger charge is 2.35. The molecule has 0 spiro atoms. The number of carbonyl (C=O) groups excluding carboxylic acids is 2. The minimum atomic E-state index is -4.25. The fourth-order valence-electron chi connectivity index (χ4n) is 4.58. The number of anilines is 1. The van der Waals surface area contributed by atoms with Gasteiger partial charge in [0.15, 0.2) is 0 Å². The van der Waals surface area contributed by atoms with Crippen LogP contribution in [-0.4, -0.2) is 51.9 Å². The minimum absolute atomic E-state index is 0.0130. The molecule has 0 heterocycles. The molecule has 4 rings (SSSR count). The molecule has 1 N–H and O–H groups in total. The number of amides is 2. The van der Waals surface area contributed by atoms with Crippen molar-refractivity contribution in [1.82, 2.24) is 10.2 Å². The van der Waals surface area contributed by atoms with Crippen LogP contribution in [0.4, 0.5) is 10.1 Å². The topological polar surface area (TPSA) is 96.0 Å². The molecule has 4 aromatic rings. The number of ether oxygens (including phenoxy) is 1. The fraction of sp³-hybridized carbons (Fsp3) is 0.188. The van der Waals surface area contributed by atoms with Crippen LogP contribution in [0, 0.1) is 5.82 Å². The Morgan fingerprint density at radius 2 is 1.43 bits per heavy atom. The predicted octanol–water partition coefficient (Wildman–Crippen LogP) is 4.42. The van der Waals surface area contributed by atoms with E-state index in [-0.39, 0.29) is 29.3 Å². The van der Waals surface area contributed by atoms with E-state index in [9.17, 15) is 22.4 Å². The van der Waals surface area contributed by atoms with E-state index >= 15 is 0 Å². The summed E-state index contributed by atoms with van der Waals surface area (Å²) >= 11 is 0. The number of likely N-dealkylation sites (N-methyl/N-ethyl adjacent to an activating group) is 1. The maximum Gasteiger partial charge on any atom is 0.264 e. The first-order valence-corrected chi connectivity index (χ1v) is 14.7. The molecule has 1 atom stereocenters. The Morgan fingerprint density at radius 3 is 2.05 bits per heavy atom. The lowest BCUT2D eigenvalue weighted by Crippen LogP contribution is -2.53.